The van der Waals surface area contributed by atoms with E-state index in [1.165, 1.54) is 11.1 Å². The molecular weight excluding hydrogens is 268 g/mol. The van der Waals surface area contributed by atoms with E-state index in [2.05, 4.69) is 77.9 Å². The summed E-state index contributed by atoms with van der Waals surface area (Å²) >= 11 is 0. The molecule has 0 unspecified atom stereocenters. The molecule has 0 aromatic heterocycles. The van der Waals surface area contributed by atoms with Gasteiger partial charge in [0.1, 0.15) is 0 Å². The first kappa shape index (κ1) is 16.4. The first-order valence-electron chi connectivity index (χ1n) is 7.80. The number of benzene rings is 2. The van der Waals surface area contributed by atoms with Crippen LogP contribution in [-0.2, 0) is 10.8 Å². The molecule has 2 aromatic rings. The molecule has 2 aromatic carbocycles. The maximum atomic E-state index is 6.29. The molecule has 0 fully saturated rings. The summed E-state index contributed by atoms with van der Waals surface area (Å²) in [6.45, 7) is 13.1. The molecule has 2 heteroatoms. The lowest BCUT2D eigenvalue weighted by molar-refractivity contribution is 0.590. The maximum absolute atomic E-state index is 6.29. The molecule has 22 heavy (non-hydrogen) atoms. The van der Waals surface area contributed by atoms with Gasteiger partial charge in [-0.1, -0.05) is 65.8 Å². The second-order valence-corrected chi connectivity index (χ2v) is 8.10. The molecule has 0 saturated heterocycles. The van der Waals surface area contributed by atoms with Gasteiger partial charge < -0.3 is 11.5 Å². The number of anilines is 2. The predicted octanol–water partition coefficient (Wildman–Crippen LogP) is 5.11. The van der Waals surface area contributed by atoms with Crippen LogP contribution in [0, 0.1) is 0 Å². The molecule has 0 heterocycles. The van der Waals surface area contributed by atoms with E-state index >= 15 is 0 Å². The molecule has 0 atom stereocenters. The second-order valence-electron chi connectivity index (χ2n) is 8.10. The van der Waals surface area contributed by atoms with E-state index < -0.39 is 0 Å². The van der Waals surface area contributed by atoms with E-state index in [9.17, 15) is 0 Å². The van der Waals surface area contributed by atoms with Gasteiger partial charge in [0.2, 0.25) is 0 Å². The molecular formula is C20H28N2. The molecule has 0 aliphatic carbocycles. The van der Waals surface area contributed by atoms with Crippen molar-refractivity contribution in [3.63, 3.8) is 0 Å². The van der Waals surface area contributed by atoms with Gasteiger partial charge in [-0.3, -0.25) is 0 Å². The van der Waals surface area contributed by atoms with Gasteiger partial charge in [0.25, 0.3) is 0 Å². The third-order valence-electron chi connectivity index (χ3n) is 4.13. The molecule has 2 rings (SSSR count). The Bertz CT molecular complexity index is 624. The van der Waals surface area contributed by atoms with Crippen LogP contribution >= 0.6 is 0 Å². The molecule has 0 aliphatic rings. The highest BCUT2D eigenvalue weighted by atomic mass is 14.6. The quantitative estimate of drug-likeness (QED) is 0.718. The highest BCUT2D eigenvalue weighted by molar-refractivity contribution is 5.85. The van der Waals surface area contributed by atoms with Gasteiger partial charge in [-0.05, 0) is 34.1 Å². The molecule has 0 spiro atoms. The minimum absolute atomic E-state index is 0.0916. The summed E-state index contributed by atoms with van der Waals surface area (Å²) in [6.07, 6.45) is 0. The normalized spacial score (nSPS) is 12.5. The maximum Gasteiger partial charge on any atom is 0.0397 e. The van der Waals surface area contributed by atoms with Crippen LogP contribution in [0.1, 0.15) is 52.7 Å². The summed E-state index contributed by atoms with van der Waals surface area (Å²) < 4.78 is 0. The summed E-state index contributed by atoms with van der Waals surface area (Å²) in [5.74, 6) is 0. The van der Waals surface area contributed by atoms with Crippen LogP contribution in [0.25, 0.3) is 11.1 Å². The Balaban J connectivity index is 2.49. The average molecular weight is 296 g/mol. The third kappa shape index (κ3) is 3.27. The largest absolute Gasteiger partial charge is 0.398 e. The van der Waals surface area contributed by atoms with Crippen LogP contribution in [0.4, 0.5) is 11.4 Å². The number of hydrogen-bond acceptors (Lipinski definition) is 2. The molecule has 2 nitrogen and oxygen atoms in total. The molecule has 118 valence electrons. The van der Waals surface area contributed by atoms with Gasteiger partial charge in [-0.25, -0.2) is 0 Å². The Morgan fingerprint density at radius 1 is 0.591 bits per heavy atom. The molecule has 0 aliphatic heterocycles. The van der Waals surface area contributed by atoms with Crippen LogP contribution < -0.4 is 11.5 Å². The van der Waals surface area contributed by atoms with Crippen molar-refractivity contribution in [2.75, 3.05) is 11.5 Å². The lowest BCUT2D eigenvalue weighted by atomic mass is 9.84. The number of nitrogen functional groups attached to an aromatic ring is 2. The third-order valence-corrected chi connectivity index (χ3v) is 4.13. The van der Waals surface area contributed by atoms with Gasteiger partial charge in [-0.2, -0.15) is 0 Å². The van der Waals surface area contributed by atoms with Gasteiger partial charge in [-0.15, -0.1) is 0 Å². The minimum atomic E-state index is 0.0916. The van der Waals surface area contributed by atoms with Gasteiger partial charge in [0.15, 0.2) is 0 Å². The van der Waals surface area contributed by atoms with Crippen molar-refractivity contribution < 1.29 is 0 Å². The zero-order valence-electron chi connectivity index (χ0n) is 14.6. The monoisotopic (exact) mass is 296 g/mol. The summed E-state index contributed by atoms with van der Waals surface area (Å²) in [4.78, 5) is 0. The van der Waals surface area contributed by atoms with Crippen LogP contribution in [0.15, 0.2) is 36.4 Å². The minimum Gasteiger partial charge on any atom is -0.398 e. The van der Waals surface area contributed by atoms with E-state index in [0.29, 0.717) is 0 Å². The average Bonchev–Trinajstić information content (AvgIpc) is 2.37. The van der Waals surface area contributed by atoms with Crippen molar-refractivity contribution in [3.05, 3.63) is 47.5 Å². The summed E-state index contributed by atoms with van der Waals surface area (Å²) in [5.41, 5.74) is 18.8. The zero-order valence-corrected chi connectivity index (χ0v) is 14.6. The van der Waals surface area contributed by atoms with Gasteiger partial charge in [0, 0.05) is 22.5 Å². The SMILES string of the molecule is CC(C)(C)c1ccc(-c2ccc(C(C)(C)C)cc2N)c(N)c1. The van der Waals surface area contributed by atoms with Crippen LogP contribution in [0.2, 0.25) is 0 Å². The smallest absolute Gasteiger partial charge is 0.0397 e. The van der Waals surface area contributed by atoms with Crippen LogP contribution in [0.3, 0.4) is 0 Å². The summed E-state index contributed by atoms with van der Waals surface area (Å²) in [7, 11) is 0. The second kappa shape index (κ2) is 5.35. The van der Waals surface area contributed by atoms with Gasteiger partial charge in [0.05, 0.1) is 0 Å². The summed E-state index contributed by atoms with van der Waals surface area (Å²) in [5, 5.41) is 0. The first-order chi connectivity index (χ1) is 10.00. The van der Waals surface area contributed by atoms with Gasteiger partial charge >= 0.3 is 0 Å². The fourth-order valence-corrected chi connectivity index (χ4v) is 2.55. The van der Waals surface area contributed by atoms with E-state index in [1.54, 1.807) is 0 Å². The predicted molar refractivity (Wildman–Crippen MR) is 98.1 cm³/mol. The number of hydrogen-bond donors (Lipinski definition) is 2. The van der Waals surface area contributed by atoms with E-state index in [-0.39, 0.29) is 10.8 Å². The van der Waals surface area contributed by atoms with E-state index in [4.69, 9.17) is 11.5 Å². The molecule has 0 radical (unpaired) electrons. The van der Waals surface area contributed by atoms with Crippen molar-refractivity contribution >= 4 is 11.4 Å². The van der Waals surface area contributed by atoms with Crippen molar-refractivity contribution in [1.82, 2.24) is 0 Å². The van der Waals surface area contributed by atoms with Crippen molar-refractivity contribution in [3.8, 4) is 11.1 Å². The lowest BCUT2D eigenvalue weighted by Gasteiger charge is -2.22. The topological polar surface area (TPSA) is 52.0 Å². The Morgan fingerprint density at radius 2 is 0.909 bits per heavy atom. The lowest BCUT2D eigenvalue weighted by Crippen LogP contribution is -2.12. The van der Waals surface area contributed by atoms with Crippen LogP contribution in [0.5, 0.6) is 0 Å². The first-order valence-corrected chi connectivity index (χ1v) is 7.80. The fourth-order valence-electron chi connectivity index (χ4n) is 2.55. The van der Waals surface area contributed by atoms with Crippen molar-refractivity contribution in [2.45, 2.75) is 52.4 Å². The molecule has 0 saturated carbocycles. The Hall–Kier alpha value is -1.96. The zero-order chi connectivity index (χ0) is 16.7. The Kier molecular flexibility index (Phi) is 3.99. The van der Waals surface area contributed by atoms with E-state index in [0.717, 1.165) is 22.5 Å². The highest BCUT2D eigenvalue weighted by Crippen LogP contribution is 2.36. The molecule has 0 amide bonds. The summed E-state index contributed by atoms with van der Waals surface area (Å²) in [6, 6.07) is 12.6. The Morgan fingerprint density at radius 3 is 1.14 bits per heavy atom. The van der Waals surface area contributed by atoms with E-state index in [1.807, 2.05) is 0 Å². The molecule has 0 bridgehead atoms. The number of rotatable bonds is 1. The fraction of sp³-hybridized carbons (Fsp3) is 0.400. The molecule has 4 N–H and O–H groups in total. The standard InChI is InChI=1S/C20H28N2/c1-19(2,3)13-7-9-15(17(21)11-13)16-10-8-14(12-18(16)22)20(4,5)6/h7-12H,21-22H2,1-6H3. The Labute approximate surface area is 134 Å². The number of nitrogens with two attached hydrogens (primary N) is 2. The highest BCUT2D eigenvalue weighted by Gasteiger charge is 2.18. The van der Waals surface area contributed by atoms with Crippen LogP contribution in [-0.4, -0.2) is 0 Å². The van der Waals surface area contributed by atoms with Crippen molar-refractivity contribution in [1.29, 1.82) is 0 Å². The van der Waals surface area contributed by atoms with Crippen molar-refractivity contribution in [2.24, 2.45) is 0 Å².